The molecule has 0 spiro atoms. The monoisotopic (exact) mass is 429 g/mol. The fourth-order valence-electron chi connectivity index (χ4n) is 3.78. The number of phenols is 2. The number of amides is 1. The van der Waals surface area contributed by atoms with Crippen LogP contribution in [0.25, 0.3) is 21.8 Å². The summed E-state index contributed by atoms with van der Waals surface area (Å²) in [5.41, 5.74) is 5.07. The topological polar surface area (TPSA) is 95.3 Å². The number of phenolic OH excluding ortho intramolecular Hbond substituents is 2. The average Bonchev–Trinajstić information content (AvgIpc) is 3.29. The highest BCUT2D eigenvalue weighted by molar-refractivity contribution is 7.13. The van der Waals surface area contributed by atoms with E-state index in [2.05, 4.69) is 5.32 Å². The number of aromatic hydroxyl groups is 2. The minimum Gasteiger partial charge on any atom is -0.508 e. The summed E-state index contributed by atoms with van der Waals surface area (Å²) in [5, 5.41) is 24.2. The Balaban J connectivity index is 1.52. The molecule has 6 nitrogen and oxygen atoms in total. The van der Waals surface area contributed by atoms with Crippen LogP contribution >= 0.6 is 11.3 Å². The van der Waals surface area contributed by atoms with E-state index >= 15 is 0 Å². The molecule has 0 aliphatic heterocycles. The average molecular weight is 430 g/mol. The lowest BCUT2D eigenvalue weighted by Gasteiger charge is -2.21. The molecule has 5 rings (SSSR count). The van der Waals surface area contributed by atoms with Crippen molar-refractivity contribution in [3.8, 4) is 33.3 Å². The summed E-state index contributed by atoms with van der Waals surface area (Å²) in [6.07, 6.45) is 1.61. The number of rotatable bonds is 4. The first-order valence-electron chi connectivity index (χ1n) is 9.91. The Morgan fingerprint density at radius 3 is 2.55 bits per heavy atom. The molecule has 0 bridgehead atoms. The Morgan fingerprint density at radius 1 is 0.968 bits per heavy atom. The van der Waals surface area contributed by atoms with Crippen molar-refractivity contribution in [2.24, 2.45) is 0 Å². The number of aromatic nitrogens is 2. The van der Waals surface area contributed by atoms with Crippen molar-refractivity contribution in [2.75, 3.05) is 5.32 Å². The minimum atomic E-state index is -0.195. The number of hydrogen-bond donors (Lipinski definition) is 3. The molecule has 7 heteroatoms. The van der Waals surface area contributed by atoms with Crippen LogP contribution in [0, 0.1) is 0 Å². The highest BCUT2D eigenvalue weighted by atomic mass is 32.1. The Morgan fingerprint density at radius 2 is 1.77 bits per heavy atom. The molecule has 3 N–H and O–H groups in total. The lowest BCUT2D eigenvalue weighted by molar-refractivity contribution is -0.115. The summed E-state index contributed by atoms with van der Waals surface area (Å²) in [7, 11) is 0. The van der Waals surface area contributed by atoms with Crippen LogP contribution in [0.3, 0.4) is 0 Å². The second-order valence-electron chi connectivity index (χ2n) is 7.43. The van der Waals surface area contributed by atoms with Crippen LogP contribution in [-0.2, 0) is 24.1 Å². The summed E-state index contributed by atoms with van der Waals surface area (Å²) < 4.78 is 0. The van der Waals surface area contributed by atoms with Crippen molar-refractivity contribution in [1.29, 1.82) is 0 Å². The number of anilines is 1. The number of carbonyl (C=O) groups excluding carboxylic acids is 1. The standard InChI is InChI=1S/C24H19N3O3S/c28-16-6-3-14(4-7-16)12-21(30)26-24-23(20-2-1-11-31-20)27-22-18-9-8-17(29)13-15(18)5-10-19(22)25-24/h1-4,6-9,11,13,28-29H,5,10,12H2,(H,25,26,30). The van der Waals surface area contributed by atoms with Gasteiger partial charge in [0, 0.05) is 5.56 Å². The largest absolute Gasteiger partial charge is 0.508 e. The van der Waals surface area contributed by atoms with Crippen molar-refractivity contribution >= 4 is 23.1 Å². The third kappa shape index (κ3) is 3.87. The zero-order valence-corrected chi connectivity index (χ0v) is 17.3. The summed E-state index contributed by atoms with van der Waals surface area (Å²) in [6.45, 7) is 0. The van der Waals surface area contributed by atoms with E-state index in [1.165, 1.54) is 11.3 Å². The molecule has 0 fully saturated rings. The Kier molecular flexibility index (Phi) is 4.88. The molecule has 0 unspecified atom stereocenters. The number of thiophene rings is 1. The highest BCUT2D eigenvalue weighted by Crippen LogP contribution is 2.37. The van der Waals surface area contributed by atoms with Crippen LogP contribution in [0.2, 0.25) is 0 Å². The molecular weight excluding hydrogens is 410 g/mol. The van der Waals surface area contributed by atoms with Crippen LogP contribution in [0.15, 0.2) is 60.0 Å². The number of nitrogens with one attached hydrogen (secondary N) is 1. The van der Waals surface area contributed by atoms with Crippen molar-refractivity contribution in [3.05, 3.63) is 76.8 Å². The molecule has 2 aromatic carbocycles. The Labute approximate surface area is 182 Å². The second-order valence-corrected chi connectivity index (χ2v) is 8.37. The molecule has 1 amide bonds. The van der Waals surface area contributed by atoms with Crippen molar-refractivity contribution in [1.82, 2.24) is 9.97 Å². The molecule has 0 saturated heterocycles. The second kappa shape index (κ2) is 7.85. The highest BCUT2D eigenvalue weighted by Gasteiger charge is 2.23. The van der Waals surface area contributed by atoms with Gasteiger partial charge in [-0.25, -0.2) is 9.97 Å². The third-order valence-corrected chi connectivity index (χ3v) is 6.13. The van der Waals surface area contributed by atoms with Crippen LogP contribution in [0.4, 0.5) is 5.82 Å². The smallest absolute Gasteiger partial charge is 0.230 e. The van der Waals surface area contributed by atoms with E-state index in [1.807, 2.05) is 23.6 Å². The molecule has 0 saturated carbocycles. The van der Waals surface area contributed by atoms with Gasteiger partial charge in [0.2, 0.25) is 5.91 Å². The number of carbonyl (C=O) groups is 1. The van der Waals surface area contributed by atoms with Gasteiger partial charge in [-0.05, 0) is 65.7 Å². The Hall–Kier alpha value is -3.71. The van der Waals surface area contributed by atoms with E-state index in [0.717, 1.165) is 39.4 Å². The van der Waals surface area contributed by atoms with Gasteiger partial charge in [0.15, 0.2) is 5.82 Å². The molecule has 31 heavy (non-hydrogen) atoms. The third-order valence-electron chi connectivity index (χ3n) is 5.26. The first-order chi connectivity index (χ1) is 15.1. The summed E-state index contributed by atoms with van der Waals surface area (Å²) >= 11 is 1.54. The Bertz CT molecular complexity index is 1270. The fraction of sp³-hybridized carbons (Fsp3) is 0.125. The van der Waals surface area contributed by atoms with E-state index in [-0.39, 0.29) is 23.8 Å². The van der Waals surface area contributed by atoms with E-state index in [1.54, 1.807) is 36.4 Å². The number of aryl methyl sites for hydroxylation is 2. The van der Waals surface area contributed by atoms with Gasteiger partial charge in [-0.15, -0.1) is 11.3 Å². The summed E-state index contributed by atoms with van der Waals surface area (Å²) in [4.78, 5) is 23.4. The van der Waals surface area contributed by atoms with Crippen molar-refractivity contribution < 1.29 is 15.0 Å². The minimum absolute atomic E-state index is 0.165. The molecular formula is C24H19N3O3S. The van der Waals surface area contributed by atoms with Crippen molar-refractivity contribution in [2.45, 2.75) is 19.3 Å². The molecule has 0 radical (unpaired) electrons. The summed E-state index contributed by atoms with van der Waals surface area (Å²) in [6, 6.07) is 15.8. The SMILES string of the molecule is O=C(Cc1ccc(O)cc1)Nc1nc2c(nc1-c1cccs1)-c1ccc(O)cc1CC2. The zero-order chi connectivity index (χ0) is 21.4. The van der Waals surface area contributed by atoms with Gasteiger partial charge in [-0.3, -0.25) is 4.79 Å². The van der Waals surface area contributed by atoms with Gasteiger partial charge in [0.25, 0.3) is 0 Å². The zero-order valence-electron chi connectivity index (χ0n) is 16.5. The number of fused-ring (bicyclic) bond motifs is 3. The van der Waals surface area contributed by atoms with Gasteiger partial charge in [-0.2, -0.15) is 0 Å². The van der Waals surface area contributed by atoms with E-state index < -0.39 is 0 Å². The van der Waals surface area contributed by atoms with E-state index in [9.17, 15) is 15.0 Å². The van der Waals surface area contributed by atoms with E-state index in [0.29, 0.717) is 17.9 Å². The normalized spacial score (nSPS) is 12.1. The maximum atomic E-state index is 12.7. The van der Waals surface area contributed by atoms with Gasteiger partial charge in [-0.1, -0.05) is 18.2 Å². The maximum absolute atomic E-state index is 12.7. The van der Waals surface area contributed by atoms with Crippen LogP contribution < -0.4 is 5.32 Å². The van der Waals surface area contributed by atoms with Crippen LogP contribution in [-0.4, -0.2) is 26.1 Å². The molecule has 1 aliphatic carbocycles. The lowest BCUT2D eigenvalue weighted by Crippen LogP contribution is -2.18. The predicted molar refractivity (Wildman–Crippen MR) is 120 cm³/mol. The van der Waals surface area contributed by atoms with Crippen LogP contribution in [0.1, 0.15) is 16.8 Å². The number of nitrogens with zero attached hydrogens (tertiary/aromatic N) is 2. The van der Waals surface area contributed by atoms with Crippen LogP contribution in [0.5, 0.6) is 11.5 Å². The predicted octanol–water partition coefficient (Wildman–Crippen LogP) is 4.56. The maximum Gasteiger partial charge on any atom is 0.230 e. The molecule has 154 valence electrons. The first-order valence-corrected chi connectivity index (χ1v) is 10.8. The molecule has 0 atom stereocenters. The number of hydrogen-bond acceptors (Lipinski definition) is 6. The van der Waals surface area contributed by atoms with Gasteiger partial charge >= 0.3 is 0 Å². The fourth-order valence-corrected chi connectivity index (χ4v) is 4.49. The molecule has 2 heterocycles. The van der Waals surface area contributed by atoms with E-state index in [4.69, 9.17) is 9.97 Å². The quantitative estimate of drug-likeness (QED) is 0.442. The van der Waals surface area contributed by atoms with Crippen molar-refractivity contribution in [3.63, 3.8) is 0 Å². The summed E-state index contributed by atoms with van der Waals surface area (Å²) in [5.74, 6) is 0.663. The molecule has 2 aromatic heterocycles. The lowest BCUT2D eigenvalue weighted by atomic mass is 9.91. The number of benzene rings is 2. The van der Waals surface area contributed by atoms with Gasteiger partial charge in [0.05, 0.1) is 22.7 Å². The van der Waals surface area contributed by atoms with Gasteiger partial charge in [0.1, 0.15) is 17.2 Å². The van der Waals surface area contributed by atoms with Gasteiger partial charge < -0.3 is 15.5 Å². The molecule has 4 aromatic rings. The molecule has 1 aliphatic rings. The first kappa shape index (κ1) is 19.3.